The molecule has 26 heavy (non-hydrogen) atoms. The number of halogens is 3. The number of amides is 1. The third-order valence-corrected chi connectivity index (χ3v) is 3.69. The molecular formula is C16H11F3N4O2S. The largest absolute Gasteiger partial charge is 0.468 e. The first-order valence-electron chi connectivity index (χ1n) is 7.27. The summed E-state index contributed by atoms with van der Waals surface area (Å²) >= 11 is 1.02. The van der Waals surface area contributed by atoms with Gasteiger partial charge < -0.3 is 4.74 Å². The molecule has 0 aliphatic heterocycles. The second kappa shape index (κ2) is 7.48. The number of pyridine rings is 1. The minimum atomic E-state index is -4.45. The maximum Gasteiger partial charge on any atom is 0.422 e. The number of carbonyl (C=O) groups excluding carboxylic acids is 1. The van der Waals surface area contributed by atoms with Gasteiger partial charge in [0.1, 0.15) is 0 Å². The first-order valence-corrected chi connectivity index (χ1v) is 8.04. The van der Waals surface area contributed by atoms with Gasteiger partial charge in [0.25, 0.3) is 5.91 Å². The monoisotopic (exact) mass is 380 g/mol. The second-order valence-corrected chi connectivity index (χ2v) is 5.78. The molecule has 3 aromatic rings. The molecule has 0 aliphatic rings. The van der Waals surface area contributed by atoms with Crippen LogP contribution in [-0.4, -0.2) is 33.0 Å². The maximum absolute atomic E-state index is 12.2. The molecule has 1 aromatic carbocycles. The van der Waals surface area contributed by atoms with Crippen LogP contribution in [-0.2, 0) is 0 Å². The van der Waals surface area contributed by atoms with E-state index in [9.17, 15) is 18.0 Å². The van der Waals surface area contributed by atoms with Crippen molar-refractivity contribution in [1.29, 1.82) is 0 Å². The van der Waals surface area contributed by atoms with Crippen molar-refractivity contribution in [3.63, 3.8) is 0 Å². The lowest BCUT2D eigenvalue weighted by Crippen LogP contribution is -2.19. The van der Waals surface area contributed by atoms with Crippen LogP contribution in [0.3, 0.4) is 0 Å². The number of alkyl halides is 3. The van der Waals surface area contributed by atoms with Gasteiger partial charge in [0, 0.05) is 29.4 Å². The lowest BCUT2D eigenvalue weighted by atomic mass is 10.2. The minimum absolute atomic E-state index is 0.154. The predicted octanol–water partition coefficient (Wildman–Crippen LogP) is 3.79. The smallest absolute Gasteiger partial charge is 0.422 e. The van der Waals surface area contributed by atoms with E-state index in [4.69, 9.17) is 0 Å². The average molecular weight is 380 g/mol. The number of carbonyl (C=O) groups is 1. The number of rotatable bonds is 5. The zero-order chi connectivity index (χ0) is 18.6. The van der Waals surface area contributed by atoms with E-state index >= 15 is 0 Å². The Labute approximate surface area is 149 Å². The van der Waals surface area contributed by atoms with Gasteiger partial charge in [0.15, 0.2) is 12.4 Å². The van der Waals surface area contributed by atoms with Crippen molar-refractivity contribution in [3.05, 3.63) is 54.2 Å². The Morgan fingerprint density at radius 1 is 1.15 bits per heavy atom. The van der Waals surface area contributed by atoms with Crippen LogP contribution in [0.4, 0.5) is 18.3 Å². The molecule has 1 N–H and O–H groups in total. The minimum Gasteiger partial charge on any atom is -0.468 e. The molecular weight excluding hydrogens is 369 g/mol. The summed E-state index contributed by atoms with van der Waals surface area (Å²) in [6.07, 6.45) is -3.33. The van der Waals surface area contributed by atoms with Crippen LogP contribution in [0, 0.1) is 0 Å². The van der Waals surface area contributed by atoms with Gasteiger partial charge in [-0.25, -0.2) is 4.98 Å². The Morgan fingerprint density at radius 2 is 1.92 bits per heavy atom. The summed E-state index contributed by atoms with van der Waals surface area (Å²) in [6, 6.07) is 11.8. The summed E-state index contributed by atoms with van der Waals surface area (Å²) in [5, 5.41) is 2.87. The molecule has 10 heteroatoms. The van der Waals surface area contributed by atoms with Crippen molar-refractivity contribution in [2.24, 2.45) is 0 Å². The Kier molecular flexibility index (Phi) is 5.12. The van der Waals surface area contributed by atoms with Crippen LogP contribution in [0.5, 0.6) is 5.88 Å². The molecule has 0 unspecified atom stereocenters. The molecule has 0 bridgehead atoms. The van der Waals surface area contributed by atoms with E-state index in [0.717, 1.165) is 23.3 Å². The predicted molar refractivity (Wildman–Crippen MR) is 89.1 cm³/mol. The van der Waals surface area contributed by atoms with E-state index in [0.29, 0.717) is 11.0 Å². The number of hydrogen-bond donors (Lipinski definition) is 1. The highest BCUT2D eigenvalue weighted by molar-refractivity contribution is 7.10. The number of nitrogens with zero attached hydrogens (tertiary/aromatic N) is 3. The van der Waals surface area contributed by atoms with E-state index in [2.05, 4.69) is 24.4 Å². The highest BCUT2D eigenvalue weighted by atomic mass is 32.1. The normalized spacial score (nSPS) is 11.2. The van der Waals surface area contributed by atoms with Gasteiger partial charge in [-0.15, -0.1) is 0 Å². The van der Waals surface area contributed by atoms with E-state index in [1.165, 1.54) is 12.1 Å². The number of ether oxygens (including phenoxy) is 1. The van der Waals surface area contributed by atoms with Crippen molar-refractivity contribution in [2.45, 2.75) is 6.18 Å². The Bertz CT molecular complexity index is 883. The van der Waals surface area contributed by atoms with Crippen LogP contribution >= 0.6 is 11.5 Å². The summed E-state index contributed by atoms with van der Waals surface area (Å²) in [5.41, 5.74) is 0.970. The van der Waals surface area contributed by atoms with E-state index < -0.39 is 18.7 Å². The standard InChI is InChI=1S/C16H11F3N4O2S/c17-16(18,19)9-25-12-7-6-11(8-20-12)14(24)22-15-21-13(23-26-15)10-4-2-1-3-5-10/h1-8H,9H2,(H,21,22,23,24). The molecule has 0 spiro atoms. The Balaban J connectivity index is 1.62. The number of hydrogen-bond acceptors (Lipinski definition) is 6. The molecule has 2 aromatic heterocycles. The highest BCUT2D eigenvalue weighted by Gasteiger charge is 2.28. The summed E-state index contributed by atoms with van der Waals surface area (Å²) in [7, 11) is 0. The van der Waals surface area contributed by atoms with Crippen LogP contribution in [0.25, 0.3) is 11.4 Å². The van der Waals surface area contributed by atoms with Crippen molar-refractivity contribution in [2.75, 3.05) is 11.9 Å². The van der Waals surface area contributed by atoms with Gasteiger partial charge >= 0.3 is 6.18 Å². The van der Waals surface area contributed by atoms with Crippen LogP contribution in [0.15, 0.2) is 48.7 Å². The molecule has 0 saturated heterocycles. The summed E-state index contributed by atoms with van der Waals surface area (Å²) in [4.78, 5) is 20.1. The number of aromatic nitrogens is 3. The van der Waals surface area contributed by atoms with Crippen molar-refractivity contribution >= 4 is 22.6 Å². The quantitative estimate of drug-likeness (QED) is 0.729. The topological polar surface area (TPSA) is 77.0 Å². The van der Waals surface area contributed by atoms with Gasteiger partial charge in [-0.3, -0.25) is 10.1 Å². The molecule has 2 heterocycles. The van der Waals surface area contributed by atoms with E-state index in [-0.39, 0.29) is 11.4 Å². The highest BCUT2D eigenvalue weighted by Crippen LogP contribution is 2.21. The van der Waals surface area contributed by atoms with Gasteiger partial charge in [-0.2, -0.15) is 22.5 Å². The van der Waals surface area contributed by atoms with Crippen molar-refractivity contribution in [3.8, 4) is 17.3 Å². The van der Waals surface area contributed by atoms with Gasteiger partial charge in [-0.05, 0) is 6.07 Å². The van der Waals surface area contributed by atoms with Crippen LogP contribution < -0.4 is 10.1 Å². The first-order chi connectivity index (χ1) is 12.4. The Morgan fingerprint density at radius 3 is 2.58 bits per heavy atom. The molecule has 6 nitrogen and oxygen atoms in total. The first kappa shape index (κ1) is 17.8. The van der Waals surface area contributed by atoms with Gasteiger partial charge in [-0.1, -0.05) is 30.3 Å². The fourth-order valence-electron chi connectivity index (χ4n) is 1.90. The molecule has 0 radical (unpaired) electrons. The van der Waals surface area contributed by atoms with Crippen LogP contribution in [0.1, 0.15) is 10.4 Å². The zero-order valence-electron chi connectivity index (χ0n) is 13.0. The molecule has 0 atom stereocenters. The van der Waals surface area contributed by atoms with Crippen LogP contribution in [0.2, 0.25) is 0 Å². The second-order valence-electron chi connectivity index (χ2n) is 5.03. The number of nitrogens with one attached hydrogen (secondary N) is 1. The van der Waals surface area contributed by atoms with Gasteiger partial charge in [0.05, 0.1) is 5.56 Å². The fraction of sp³-hybridized carbons (Fsp3) is 0.125. The fourth-order valence-corrected chi connectivity index (χ4v) is 2.49. The zero-order valence-corrected chi connectivity index (χ0v) is 13.8. The SMILES string of the molecule is O=C(Nc1nc(-c2ccccc2)ns1)c1ccc(OCC(F)(F)F)nc1. The van der Waals surface area contributed by atoms with Crippen molar-refractivity contribution < 1.29 is 22.7 Å². The molecule has 134 valence electrons. The molecule has 0 aliphatic carbocycles. The third kappa shape index (κ3) is 4.76. The maximum atomic E-state index is 12.2. The van der Waals surface area contributed by atoms with Gasteiger partial charge in [0.2, 0.25) is 11.0 Å². The summed E-state index contributed by atoms with van der Waals surface area (Å²) in [6.45, 7) is -1.45. The lowest BCUT2D eigenvalue weighted by molar-refractivity contribution is -0.154. The Hall–Kier alpha value is -3.01. The number of anilines is 1. The number of benzene rings is 1. The third-order valence-electron chi connectivity index (χ3n) is 3.06. The molecule has 0 fully saturated rings. The average Bonchev–Trinajstić information content (AvgIpc) is 3.09. The molecule has 0 saturated carbocycles. The summed E-state index contributed by atoms with van der Waals surface area (Å²) in [5.74, 6) is -0.239. The molecule has 3 rings (SSSR count). The summed E-state index contributed by atoms with van der Waals surface area (Å²) < 4.78 is 44.9. The van der Waals surface area contributed by atoms with E-state index in [1.807, 2.05) is 30.3 Å². The van der Waals surface area contributed by atoms with Crippen molar-refractivity contribution in [1.82, 2.24) is 14.3 Å². The van der Waals surface area contributed by atoms with E-state index in [1.54, 1.807) is 0 Å². The molecule has 1 amide bonds. The lowest BCUT2D eigenvalue weighted by Gasteiger charge is -2.08.